The van der Waals surface area contributed by atoms with E-state index in [2.05, 4.69) is 20.3 Å². The third kappa shape index (κ3) is 2.71. The van der Waals surface area contributed by atoms with E-state index in [9.17, 15) is 4.79 Å². The molecule has 1 aromatic carbocycles. The molecule has 0 atom stereocenters. The summed E-state index contributed by atoms with van der Waals surface area (Å²) >= 11 is 5.96. The number of carbonyl (C=O) groups is 1. The van der Waals surface area contributed by atoms with Crippen molar-refractivity contribution < 1.29 is 9.90 Å². The van der Waals surface area contributed by atoms with Crippen LogP contribution < -0.4 is 5.32 Å². The van der Waals surface area contributed by atoms with E-state index in [1.165, 1.54) is 12.4 Å². The number of benzene rings is 1. The lowest BCUT2D eigenvalue weighted by Crippen LogP contribution is -2.08. The first kappa shape index (κ1) is 14.3. The predicted octanol–water partition coefficient (Wildman–Crippen LogP) is 2.33. The van der Waals surface area contributed by atoms with E-state index in [4.69, 9.17) is 16.7 Å². The highest BCUT2D eigenvalue weighted by molar-refractivity contribution is 6.31. The smallest absolute Gasteiger partial charge is 0.356 e. The number of hydrogen-bond donors (Lipinski definition) is 2. The van der Waals surface area contributed by atoms with E-state index in [0.29, 0.717) is 17.4 Å². The lowest BCUT2D eigenvalue weighted by molar-refractivity contribution is 0.0690. The molecule has 22 heavy (non-hydrogen) atoms. The first-order valence-corrected chi connectivity index (χ1v) is 6.82. The second kappa shape index (κ2) is 5.61. The maximum Gasteiger partial charge on any atom is 0.356 e. The zero-order chi connectivity index (χ0) is 15.7. The number of aromatic nitrogens is 4. The van der Waals surface area contributed by atoms with Crippen molar-refractivity contribution in [3.8, 4) is 0 Å². The zero-order valence-corrected chi connectivity index (χ0v) is 12.4. The molecule has 0 fully saturated rings. The average Bonchev–Trinajstić information content (AvgIpc) is 2.81. The van der Waals surface area contributed by atoms with Gasteiger partial charge in [-0.1, -0.05) is 11.6 Å². The number of nitrogens with one attached hydrogen (secondary N) is 1. The van der Waals surface area contributed by atoms with Gasteiger partial charge < -0.3 is 15.0 Å². The minimum Gasteiger partial charge on any atom is -0.476 e. The molecule has 0 spiro atoms. The summed E-state index contributed by atoms with van der Waals surface area (Å²) in [6, 6.07) is 5.54. The Morgan fingerprint density at radius 1 is 1.36 bits per heavy atom. The molecule has 0 amide bonds. The Kier molecular flexibility index (Phi) is 3.64. The molecule has 0 aliphatic carbocycles. The van der Waals surface area contributed by atoms with Crippen LogP contribution in [0.2, 0.25) is 5.02 Å². The number of fused-ring (bicyclic) bond motifs is 1. The van der Waals surface area contributed by atoms with Gasteiger partial charge in [-0.25, -0.2) is 19.7 Å². The van der Waals surface area contributed by atoms with Crippen molar-refractivity contribution in [2.45, 2.75) is 6.54 Å². The molecule has 0 bridgehead atoms. The van der Waals surface area contributed by atoms with Crippen LogP contribution in [0.25, 0.3) is 11.0 Å². The summed E-state index contributed by atoms with van der Waals surface area (Å²) in [7, 11) is 1.92. The van der Waals surface area contributed by atoms with Crippen LogP contribution in [0.5, 0.6) is 0 Å². The Hall–Kier alpha value is -2.67. The molecule has 2 aromatic heterocycles. The number of nitrogens with zero attached hydrogens (tertiary/aromatic N) is 4. The fraction of sp³-hybridized carbons (Fsp3) is 0.143. The SMILES string of the molecule is Cn1c(CNc2cnc(C(=O)O)cn2)nc2cc(Cl)ccc21. The van der Waals surface area contributed by atoms with Gasteiger partial charge in [0.05, 0.1) is 30.0 Å². The Labute approximate surface area is 130 Å². The van der Waals surface area contributed by atoms with E-state index in [0.717, 1.165) is 16.9 Å². The van der Waals surface area contributed by atoms with Crippen molar-refractivity contribution in [3.05, 3.63) is 47.1 Å². The van der Waals surface area contributed by atoms with Crippen LogP contribution in [0.1, 0.15) is 16.3 Å². The molecular formula is C14H12ClN5O2. The lowest BCUT2D eigenvalue weighted by Gasteiger charge is -2.05. The molecule has 7 nitrogen and oxygen atoms in total. The van der Waals surface area contributed by atoms with Gasteiger partial charge in [0.25, 0.3) is 0 Å². The topological polar surface area (TPSA) is 92.9 Å². The van der Waals surface area contributed by atoms with Gasteiger partial charge in [-0.15, -0.1) is 0 Å². The largest absolute Gasteiger partial charge is 0.476 e. The highest BCUT2D eigenvalue weighted by Gasteiger charge is 2.09. The van der Waals surface area contributed by atoms with Crippen LogP contribution in [-0.2, 0) is 13.6 Å². The molecule has 2 N–H and O–H groups in total. The molecule has 0 radical (unpaired) electrons. The van der Waals surface area contributed by atoms with Crippen molar-refractivity contribution in [1.82, 2.24) is 19.5 Å². The number of aryl methyl sites for hydroxylation is 1. The van der Waals surface area contributed by atoms with Crippen molar-refractivity contribution in [2.75, 3.05) is 5.32 Å². The summed E-state index contributed by atoms with van der Waals surface area (Å²) in [6.45, 7) is 0.434. The number of imidazole rings is 1. The van der Waals surface area contributed by atoms with Crippen LogP contribution in [0, 0.1) is 0 Å². The quantitative estimate of drug-likeness (QED) is 0.767. The monoisotopic (exact) mass is 317 g/mol. The normalized spacial score (nSPS) is 10.8. The van der Waals surface area contributed by atoms with Crippen LogP contribution in [0.4, 0.5) is 5.82 Å². The standard InChI is InChI=1S/C14H12ClN5O2/c1-20-11-3-2-8(15)4-9(11)19-13(20)7-18-12-6-16-10(5-17-12)14(21)22/h2-6H,7H2,1H3,(H,17,18)(H,21,22). The number of anilines is 1. The molecule has 0 saturated carbocycles. The van der Waals surface area contributed by atoms with Crippen LogP contribution in [0.3, 0.4) is 0 Å². The first-order chi connectivity index (χ1) is 10.5. The summed E-state index contributed by atoms with van der Waals surface area (Å²) in [5, 5.41) is 12.5. The molecule has 0 aliphatic heterocycles. The van der Waals surface area contributed by atoms with Crippen LogP contribution in [0.15, 0.2) is 30.6 Å². The second-order valence-electron chi connectivity index (χ2n) is 4.67. The number of hydrogen-bond acceptors (Lipinski definition) is 5. The summed E-state index contributed by atoms with van der Waals surface area (Å²) < 4.78 is 1.96. The van der Waals surface area contributed by atoms with Crippen molar-refractivity contribution in [2.24, 2.45) is 7.05 Å². The number of halogens is 1. The fourth-order valence-corrected chi connectivity index (χ4v) is 2.25. The number of aromatic carboxylic acids is 1. The minimum atomic E-state index is -1.11. The zero-order valence-electron chi connectivity index (χ0n) is 11.6. The third-order valence-corrected chi connectivity index (χ3v) is 3.47. The number of carboxylic acids is 1. The number of rotatable bonds is 4. The summed E-state index contributed by atoms with van der Waals surface area (Å²) in [5.41, 5.74) is 1.70. The Morgan fingerprint density at radius 3 is 2.86 bits per heavy atom. The average molecular weight is 318 g/mol. The Morgan fingerprint density at radius 2 is 2.18 bits per heavy atom. The van der Waals surface area contributed by atoms with Gasteiger partial charge in [0.2, 0.25) is 0 Å². The maximum atomic E-state index is 10.7. The van der Waals surface area contributed by atoms with E-state index in [-0.39, 0.29) is 5.69 Å². The van der Waals surface area contributed by atoms with Crippen molar-refractivity contribution >= 4 is 34.4 Å². The van der Waals surface area contributed by atoms with Gasteiger partial charge in [-0.3, -0.25) is 0 Å². The molecule has 112 valence electrons. The summed E-state index contributed by atoms with van der Waals surface area (Å²) in [6.07, 6.45) is 2.59. The van der Waals surface area contributed by atoms with Gasteiger partial charge >= 0.3 is 5.97 Å². The maximum absolute atomic E-state index is 10.7. The molecular weight excluding hydrogens is 306 g/mol. The molecule has 3 rings (SSSR count). The second-order valence-corrected chi connectivity index (χ2v) is 5.10. The van der Waals surface area contributed by atoms with E-state index >= 15 is 0 Å². The van der Waals surface area contributed by atoms with Gasteiger partial charge in [0.15, 0.2) is 5.69 Å². The van der Waals surface area contributed by atoms with Gasteiger partial charge in [-0.2, -0.15) is 0 Å². The summed E-state index contributed by atoms with van der Waals surface area (Å²) in [4.78, 5) is 23.0. The molecule has 2 heterocycles. The fourth-order valence-electron chi connectivity index (χ4n) is 2.08. The minimum absolute atomic E-state index is 0.0945. The highest BCUT2D eigenvalue weighted by Crippen LogP contribution is 2.20. The first-order valence-electron chi connectivity index (χ1n) is 6.44. The molecule has 0 unspecified atom stereocenters. The Balaban J connectivity index is 1.78. The highest BCUT2D eigenvalue weighted by atomic mass is 35.5. The van der Waals surface area contributed by atoms with Gasteiger partial charge in [-0.05, 0) is 18.2 Å². The van der Waals surface area contributed by atoms with Crippen molar-refractivity contribution in [3.63, 3.8) is 0 Å². The van der Waals surface area contributed by atoms with Gasteiger partial charge in [0.1, 0.15) is 11.6 Å². The third-order valence-electron chi connectivity index (χ3n) is 3.23. The lowest BCUT2D eigenvalue weighted by atomic mass is 10.3. The van der Waals surface area contributed by atoms with Crippen LogP contribution >= 0.6 is 11.6 Å². The molecule has 0 aliphatic rings. The van der Waals surface area contributed by atoms with Crippen molar-refractivity contribution in [1.29, 1.82) is 0 Å². The summed E-state index contributed by atoms with van der Waals surface area (Å²) in [5.74, 6) is 0.183. The molecule has 0 saturated heterocycles. The van der Waals surface area contributed by atoms with Gasteiger partial charge in [0, 0.05) is 12.1 Å². The van der Waals surface area contributed by atoms with E-state index in [1.807, 2.05) is 29.8 Å². The van der Waals surface area contributed by atoms with E-state index < -0.39 is 5.97 Å². The van der Waals surface area contributed by atoms with Crippen LogP contribution in [-0.4, -0.2) is 30.6 Å². The molecule has 8 heteroatoms. The predicted molar refractivity (Wildman–Crippen MR) is 82.0 cm³/mol. The molecule has 3 aromatic rings. The van der Waals surface area contributed by atoms with E-state index in [1.54, 1.807) is 0 Å². The Bertz CT molecular complexity index is 844. The number of carboxylic acid groups (broad SMARTS) is 1.